The molecule has 0 spiro atoms. The van der Waals surface area contributed by atoms with Gasteiger partial charge in [0, 0.05) is 38.5 Å². The van der Waals surface area contributed by atoms with Gasteiger partial charge in [-0.1, -0.05) is 6.42 Å². The number of rotatable bonds is 4. The molecule has 0 bridgehead atoms. The van der Waals surface area contributed by atoms with E-state index in [0.717, 1.165) is 43.6 Å². The van der Waals surface area contributed by atoms with Gasteiger partial charge in [0.2, 0.25) is 0 Å². The van der Waals surface area contributed by atoms with Crippen molar-refractivity contribution in [3.8, 4) is 0 Å². The van der Waals surface area contributed by atoms with E-state index in [9.17, 15) is 0 Å². The van der Waals surface area contributed by atoms with Gasteiger partial charge in [-0.3, -0.25) is 4.90 Å². The van der Waals surface area contributed by atoms with E-state index >= 15 is 0 Å². The van der Waals surface area contributed by atoms with Crippen molar-refractivity contribution in [1.29, 1.82) is 0 Å². The third-order valence-electron chi connectivity index (χ3n) is 6.25. The minimum atomic E-state index is -0.280. The minimum absolute atomic E-state index is 0.280. The lowest BCUT2D eigenvalue weighted by atomic mass is 9.99. The Balaban J connectivity index is 1.32. The van der Waals surface area contributed by atoms with Crippen LogP contribution in [0, 0.1) is 0 Å². The summed E-state index contributed by atoms with van der Waals surface area (Å²) in [6, 6.07) is 2.88. The molecule has 3 aliphatic rings. The fraction of sp³-hybridized carbons (Fsp3) is 0.800. The Morgan fingerprint density at radius 2 is 1.92 bits per heavy atom. The normalized spacial score (nSPS) is 30.0. The van der Waals surface area contributed by atoms with Gasteiger partial charge in [-0.05, 0) is 64.6 Å². The van der Waals surface area contributed by atoms with Crippen molar-refractivity contribution in [3.05, 3.63) is 23.8 Å². The third-order valence-corrected chi connectivity index (χ3v) is 6.25. The van der Waals surface area contributed by atoms with E-state index in [0.29, 0.717) is 0 Å². The summed E-state index contributed by atoms with van der Waals surface area (Å²) in [4.78, 5) is 14.6. The molecule has 0 aliphatic carbocycles. The van der Waals surface area contributed by atoms with Crippen molar-refractivity contribution in [3.63, 3.8) is 0 Å². The predicted molar refractivity (Wildman–Crippen MR) is 98.3 cm³/mol. The van der Waals surface area contributed by atoms with Gasteiger partial charge in [-0.25, -0.2) is 9.97 Å². The van der Waals surface area contributed by atoms with Crippen LogP contribution in [0.1, 0.15) is 63.4 Å². The van der Waals surface area contributed by atoms with E-state index in [1.807, 2.05) is 6.20 Å². The molecule has 3 fully saturated rings. The van der Waals surface area contributed by atoms with Crippen molar-refractivity contribution < 1.29 is 4.74 Å². The Bertz CT molecular complexity index is 559. The Morgan fingerprint density at radius 1 is 1.12 bits per heavy atom. The second-order valence-electron chi connectivity index (χ2n) is 8.16. The molecule has 1 aromatic heterocycles. The zero-order valence-corrected chi connectivity index (χ0v) is 15.6. The maximum Gasteiger partial charge on any atom is 0.160 e. The zero-order chi connectivity index (χ0) is 17.1. The van der Waals surface area contributed by atoms with Crippen LogP contribution in [0.15, 0.2) is 12.3 Å². The van der Waals surface area contributed by atoms with E-state index in [4.69, 9.17) is 9.72 Å². The van der Waals surface area contributed by atoms with Crippen molar-refractivity contribution in [2.24, 2.45) is 0 Å². The number of hydrogen-bond donors (Lipinski definition) is 0. The first-order valence-corrected chi connectivity index (χ1v) is 10.2. The quantitative estimate of drug-likeness (QED) is 0.840. The molecule has 3 saturated heterocycles. The second kappa shape index (κ2) is 7.68. The SMILES string of the molecule is CC1(c2nccc(CN3CCC(N4CCCCC4)CC3)n2)CCCO1. The average Bonchev–Trinajstić information content (AvgIpc) is 3.11. The highest BCUT2D eigenvalue weighted by molar-refractivity contribution is 5.09. The van der Waals surface area contributed by atoms with Crippen LogP contribution in [0.5, 0.6) is 0 Å². The van der Waals surface area contributed by atoms with E-state index in [2.05, 4.69) is 27.8 Å². The van der Waals surface area contributed by atoms with Crippen molar-refractivity contribution in [2.75, 3.05) is 32.8 Å². The molecule has 4 rings (SSSR count). The molecule has 25 heavy (non-hydrogen) atoms. The maximum atomic E-state index is 5.91. The second-order valence-corrected chi connectivity index (χ2v) is 8.16. The van der Waals surface area contributed by atoms with Gasteiger partial charge in [-0.2, -0.15) is 0 Å². The lowest BCUT2D eigenvalue weighted by molar-refractivity contribution is 0.00895. The first-order chi connectivity index (χ1) is 12.2. The summed E-state index contributed by atoms with van der Waals surface area (Å²) in [7, 11) is 0. The van der Waals surface area contributed by atoms with Gasteiger partial charge in [0.05, 0.1) is 5.69 Å². The van der Waals surface area contributed by atoms with Crippen LogP contribution in [0.3, 0.4) is 0 Å². The molecule has 5 nitrogen and oxygen atoms in total. The maximum absolute atomic E-state index is 5.91. The van der Waals surface area contributed by atoms with Crippen LogP contribution in [0.4, 0.5) is 0 Å². The molecule has 1 atom stereocenters. The molecule has 0 saturated carbocycles. The molecule has 1 unspecified atom stereocenters. The van der Waals surface area contributed by atoms with Crippen LogP contribution in [-0.2, 0) is 16.9 Å². The number of hydrogen-bond acceptors (Lipinski definition) is 5. The van der Waals surface area contributed by atoms with E-state index in [1.54, 1.807) is 0 Å². The first-order valence-electron chi connectivity index (χ1n) is 10.2. The van der Waals surface area contributed by atoms with Crippen molar-refractivity contribution in [1.82, 2.24) is 19.8 Å². The summed E-state index contributed by atoms with van der Waals surface area (Å²) in [5.41, 5.74) is 0.857. The third kappa shape index (κ3) is 4.04. The summed E-state index contributed by atoms with van der Waals surface area (Å²) in [6.45, 7) is 8.91. The lowest BCUT2D eigenvalue weighted by Crippen LogP contribution is -2.46. The molecular formula is C20H32N4O. The van der Waals surface area contributed by atoms with Gasteiger partial charge in [0.15, 0.2) is 5.82 Å². The highest BCUT2D eigenvalue weighted by Crippen LogP contribution is 2.33. The standard InChI is InChI=1S/C20H32N4O/c1-20(9-5-15-25-20)19-21-10-6-17(22-19)16-23-13-7-18(8-14-23)24-11-3-2-4-12-24/h6,10,18H,2-5,7-9,11-16H2,1H3. The summed E-state index contributed by atoms with van der Waals surface area (Å²) in [5.74, 6) is 0.866. The van der Waals surface area contributed by atoms with Crippen LogP contribution >= 0.6 is 0 Å². The van der Waals surface area contributed by atoms with E-state index in [1.165, 1.54) is 58.3 Å². The van der Waals surface area contributed by atoms with Crippen molar-refractivity contribution in [2.45, 2.75) is 70.1 Å². The Kier molecular flexibility index (Phi) is 5.34. The Labute approximate surface area is 151 Å². The van der Waals surface area contributed by atoms with E-state index < -0.39 is 0 Å². The minimum Gasteiger partial charge on any atom is -0.367 e. The summed E-state index contributed by atoms with van der Waals surface area (Å²) in [6.07, 6.45) is 10.9. The number of ether oxygens (including phenoxy) is 1. The molecule has 0 aromatic carbocycles. The molecule has 3 aliphatic heterocycles. The lowest BCUT2D eigenvalue weighted by Gasteiger charge is -2.40. The summed E-state index contributed by atoms with van der Waals surface area (Å²) >= 11 is 0. The summed E-state index contributed by atoms with van der Waals surface area (Å²) in [5, 5.41) is 0. The Hall–Kier alpha value is -1.04. The van der Waals surface area contributed by atoms with Gasteiger partial charge in [0.25, 0.3) is 0 Å². The van der Waals surface area contributed by atoms with E-state index in [-0.39, 0.29) is 5.60 Å². The molecule has 0 amide bonds. The molecule has 0 radical (unpaired) electrons. The number of piperidine rings is 2. The highest BCUT2D eigenvalue weighted by Gasteiger charge is 2.35. The first kappa shape index (κ1) is 17.4. The molecule has 138 valence electrons. The average molecular weight is 345 g/mol. The van der Waals surface area contributed by atoms with Gasteiger partial charge < -0.3 is 9.64 Å². The fourth-order valence-electron chi connectivity index (χ4n) is 4.65. The monoisotopic (exact) mass is 344 g/mol. The van der Waals surface area contributed by atoms with Crippen LogP contribution in [-0.4, -0.2) is 58.6 Å². The number of likely N-dealkylation sites (tertiary alicyclic amines) is 2. The Morgan fingerprint density at radius 3 is 2.64 bits per heavy atom. The largest absolute Gasteiger partial charge is 0.367 e. The summed E-state index contributed by atoms with van der Waals surface area (Å²) < 4.78 is 5.91. The molecule has 5 heteroatoms. The van der Waals surface area contributed by atoms with Crippen molar-refractivity contribution >= 4 is 0 Å². The van der Waals surface area contributed by atoms with Gasteiger partial charge in [0.1, 0.15) is 5.60 Å². The van der Waals surface area contributed by atoms with Gasteiger partial charge >= 0.3 is 0 Å². The predicted octanol–water partition coefficient (Wildman–Crippen LogP) is 2.95. The van der Waals surface area contributed by atoms with Crippen LogP contribution in [0.2, 0.25) is 0 Å². The van der Waals surface area contributed by atoms with Crippen LogP contribution in [0.25, 0.3) is 0 Å². The molecule has 4 heterocycles. The molecule has 1 aromatic rings. The fourth-order valence-corrected chi connectivity index (χ4v) is 4.65. The topological polar surface area (TPSA) is 41.5 Å². The smallest absolute Gasteiger partial charge is 0.160 e. The molecule has 0 N–H and O–H groups in total. The number of aromatic nitrogens is 2. The van der Waals surface area contributed by atoms with Gasteiger partial charge in [-0.15, -0.1) is 0 Å². The number of nitrogens with zero attached hydrogens (tertiary/aromatic N) is 4. The zero-order valence-electron chi connectivity index (χ0n) is 15.6. The molecular weight excluding hydrogens is 312 g/mol. The van der Waals surface area contributed by atoms with Crippen LogP contribution < -0.4 is 0 Å². The highest BCUT2D eigenvalue weighted by atomic mass is 16.5.